The van der Waals surface area contributed by atoms with Crippen molar-refractivity contribution >= 4 is 11.8 Å². The van der Waals surface area contributed by atoms with E-state index >= 15 is 0 Å². The van der Waals surface area contributed by atoms with Crippen LogP contribution in [0.3, 0.4) is 0 Å². The molecule has 1 aliphatic heterocycles. The molecule has 0 saturated heterocycles. The van der Waals surface area contributed by atoms with Gasteiger partial charge in [-0.3, -0.25) is 0 Å². The third-order valence-corrected chi connectivity index (χ3v) is 2.33. The predicted molar refractivity (Wildman–Crippen MR) is 48.0 cm³/mol. The Morgan fingerprint density at radius 3 is 2.81 bits per heavy atom. The van der Waals surface area contributed by atoms with Crippen molar-refractivity contribution in [2.24, 2.45) is 0 Å². The molecule has 86 valence electrons. The van der Waals surface area contributed by atoms with E-state index in [0.717, 1.165) is 6.07 Å². The molecule has 1 aliphatic rings. The second-order valence-corrected chi connectivity index (χ2v) is 3.47. The van der Waals surface area contributed by atoms with E-state index in [9.17, 15) is 18.0 Å². The smallest absolute Gasteiger partial charge is 0.417 e. The van der Waals surface area contributed by atoms with Crippen LogP contribution in [-0.2, 0) is 17.4 Å². The van der Waals surface area contributed by atoms with Gasteiger partial charge in [-0.2, -0.15) is 13.2 Å². The van der Waals surface area contributed by atoms with Crippen molar-refractivity contribution in [2.75, 3.05) is 5.32 Å². The third-order valence-electron chi connectivity index (χ3n) is 2.33. The van der Waals surface area contributed by atoms with Crippen LogP contribution in [0, 0.1) is 0 Å². The van der Waals surface area contributed by atoms with Crippen LogP contribution in [0.25, 0.3) is 0 Å². The van der Waals surface area contributed by atoms with Crippen molar-refractivity contribution in [3.8, 4) is 0 Å². The normalized spacial score (nSPS) is 19.1. The standard InChI is InChI=1S/C9H7F3N2O2/c10-9(11,12)5-1-4-2-6(8(15)16)14-7(4)13-3-5/h1,3,6H,2H2,(H,13,14)(H,15,16)/t6-/m0/s1. The highest BCUT2D eigenvalue weighted by Crippen LogP contribution is 2.33. The van der Waals surface area contributed by atoms with E-state index in [-0.39, 0.29) is 17.8 Å². The maximum Gasteiger partial charge on any atom is 0.417 e. The molecule has 0 radical (unpaired) electrons. The lowest BCUT2D eigenvalue weighted by Crippen LogP contribution is -2.26. The minimum Gasteiger partial charge on any atom is -0.480 e. The van der Waals surface area contributed by atoms with Crippen molar-refractivity contribution in [1.29, 1.82) is 0 Å². The van der Waals surface area contributed by atoms with Gasteiger partial charge in [0, 0.05) is 12.6 Å². The maximum atomic E-state index is 12.3. The van der Waals surface area contributed by atoms with Crippen LogP contribution in [0.4, 0.5) is 19.0 Å². The summed E-state index contributed by atoms with van der Waals surface area (Å²) in [7, 11) is 0. The number of carboxylic acids is 1. The molecule has 0 bridgehead atoms. The first-order chi connectivity index (χ1) is 7.38. The van der Waals surface area contributed by atoms with Crippen LogP contribution in [-0.4, -0.2) is 22.1 Å². The molecule has 7 heteroatoms. The molecule has 1 aromatic heterocycles. The molecular formula is C9H7F3N2O2. The number of hydrogen-bond donors (Lipinski definition) is 2. The van der Waals surface area contributed by atoms with Gasteiger partial charge in [0.2, 0.25) is 0 Å². The Hall–Kier alpha value is -1.79. The quantitative estimate of drug-likeness (QED) is 0.770. The Labute approximate surface area is 88.1 Å². The molecule has 2 heterocycles. The molecule has 0 amide bonds. The molecule has 1 aromatic rings. The van der Waals surface area contributed by atoms with Gasteiger partial charge in [-0.15, -0.1) is 0 Å². The highest BCUT2D eigenvalue weighted by atomic mass is 19.4. The second-order valence-electron chi connectivity index (χ2n) is 3.47. The van der Waals surface area contributed by atoms with Gasteiger partial charge in [-0.25, -0.2) is 9.78 Å². The zero-order valence-electron chi connectivity index (χ0n) is 7.88. The lowest BCUT2D eigenvalue weighted by molar-refractivity contribution is -0.138. The number of carbonyl (C=O) groups is 1. The number of aromatic nitrogens is 1. The van der Waals surface area contributed by atoms with Gasteiger partial charge in [0.25, 0.3) is 0 Å². The molecule has 4 nitrogen and oxygen atoms in total. The van der Waals surface area contributed by atoms with E-state index in [1.165, 1.54) is 0 Å². The number of rotatable bonds is 1. The molecule has 2 rings (SSSR count). The van der Waals surface area contributed by atoms with Gasteiger partial charge in [-0.05, 0) is 11.6 Å². The Bertz CT molecular complexity index is 445. The summed E-state index contributed by atoms with van der Waals surface area (Å²) in [5.41, 5.74) is -0.582. The predicted octanol–water partition coefficient (Wildman–Crippen LogP) is 1.52. The number of alkyl halides is 3. The monoisotopic (exact) mass is 232 g/mol. The molecule has 0 fully saturated rings. The number of aliphatic carboxylic acids is 1. The summed E-state index contributed by atoms with van der Waals surface area (Å²) in [5.74, 6) is -0.896. The topological polar surface area (TPSA) is 62.2 Å². The summed E-state index contributed by atoms with van der Waals surface area (Å²) < 4.78 is 37.0. The van der Waals surface area contributed by atoms with Crippen LogP contribution in [0.2, 0.25) is 0 Å². The highest BCUT2D eigenvalue weighted by Gasteiger charge is 2.34. The lowest BCUT2D eigenvalue weighted by atomic mass is 10.1. The molecule has 1 atom stereocenters. The summed E-state index contributed by atoms with van der Waals surface area (Å²) >= 11 is 0. The minimum absolute atomic E-state index is 0.0155. The van der Waals surface area contributed by atoms with Crippen LogP contribution in [0.1, 0.15) is 11.1 Å². The van der Waals surface area contributed by atoms with E-state index in [2.05, 4.69) is 10.3 Å². The van der Waals surface area contributed by atoms with Crippen LogP contribution < -0.4 is 5.32 Å². The van der Waals surface area contributed by atoms with E-state index in [1.807, 2.05) is 0 Å². The van der Waals surface area contributed by atoms with E-state index in [4.69, 9.17) is 5.11 Å². The number of nitrogens with zero attached hydrogens (tertiary/aromatic N) is 1. The molecule has 16 heavy (non-hydrogen) atoms. The number of hydrogen-bond acceptors (Lipinski definition) is 3. The summed E-state index contributed by atoms with van der Waals surface area (Å²) in [6.07, 6.45) is -3.75. The molecular weight excluding hydrogens is 225 g/mol. The van der Waals surface area contributed by atoms with Gasteiger partial charge < -0.3 is 10.4 Å². The Balaban J connectivity index is 2.31. The Morgan fingerprint density at radius 1 is 1.56 bits per heavy atom. The van der Waals surface area contributed by atoms with Crippen LogP contribution >= 0.6 is 0 Å². The van der Waals surface area contributed by atoms with Crippen LogP contribution in [0.15, 0.2) is 12.3 Å². The first-order valence-electron chi connectivity index (χ1n) is 4.43. The molecule has 0 unspecified atom stereocenters. The fourth-order valence-corrected chi connectivity index (χ4v) is 1.54. The number of halogens is 3. The fourth-order valence-electron chi connectivity index (χ4n) is 1.54. The minimum atomic E-state index is -4.46. The molecule has 0 spiro atoms. The number of nitrogens with one attached hydrogen (secondary N) is 1. The van der Waals surface area contributed by atoms with Gasteiger partial charge in [0.05, 0.1) is 5.56 Å². The summed E-state index contributed by atoms with van der Waals surface area (Å²) in [6.45, 7) is 0. The molecule has 0 aliphatic carbocycles. The van der Waals surface area contributed by atoms with E-state index in [0.29, 0.717) is 6.20 Å². The first-order valence-corrected chi connectivity index (χ1v) is 4.43. The van der Waals surface area contributed by atoms with Crippen molar-refractivity contribution in [1.82, 2.24) is 4.98 Å². The lowest BCUT2D eigenvalue weighted by Gasteiger charge is -2.07. The summed E-state index contributed by atoms with van der Waals surface area (Å²) in [6, 6.07) is 0.0316. The third kappa shape index (κ3) is 1.80. The molecule has 2 N–H and O–H groups in total. The average Bonchev–Trinajstić information content (AvgIpc) is 2.58. The number of fused-ring (bicyclic) bond motifs is 1. The number of carboxylic acid groups (broad SMARTS) is 1. The van der Waals surface area contributed by atoms with Crippen molar-refractivity contribution in [3.63, 3.8) is 0 Å². The zero-order valence-corrected chi connectivity index (χ0v) is 7.88. The molecule has 0 aromatic carbocycles. The van der Waals surface area contributed by atoms with Crippen molar-refractivity contribution in [3.05, 3.63) is 23.4 Å². The van der Waals surface area contributed by atoms with Crippen molar-refractivity contribution in [2.45, 2.75) is 18.6 Å². The zero-order chi connectivity index (χ0) is 11.9. The largest absolute Gasteiger partial charge is 0.480 e. The molecule has 0 saturated carbocycles. The highest BCUT2D eigenvalue weighted by molar-refractivity contribution is 5.80. The Morgan fingerprint density at radius 2 is 2.25 bits per heavy atom. The number of anilines is 1. The van der Waals surface area contributed by atoms with Gasteiger partial charge >= 0.3 is 12.1 Å². The van der Waals surface area contributed by atoms with Crippen molar-refractivity contribution < 1.29 is 23.1 Å². The van der Waals surface area contributed by atoms with E-state index in [1.54, 1.807) is 0 Å². The van der Waals surface area contributed by atoms with E-state index < -0.39 is 23.8 Å². The van der Waals surface area contributed by atoms with Gasteiger partial charge in [0.15, 0.2) is 0 Å². The van der Waals surface area contributed by atoms with Crippen LogP contribution in [0.5, 0.6) is 0 Å². The second kappa shape index (κ2) is 3.36. The Kier molecular flexibility index (Phi) is 2.25. The first kappa shape index (κ1) is 10.7. The summed E-state index contributed by atoms with van der Waals surface area (Å²) in [5, 5.41) is 11.2. The maximum absolute atomic E-state index is 12.3. The van der Waals surface area contributed by atoms with Gasteiger partial charge in [0.1, 0.15) is 11.9 Å². The van der Waals surface area contributed by atoms with Gasteiger partial charge in [-0.1, -0.05) is 0 Å². The summed E-state index contributed by atoms with van der Waals surface area (Å²) in [4.78, 5) is 14.2. The SMILES string of the molecule is O=C(O)[C@@H]1Cc2cc(C(F)(F)F)cnc2N1. The fraction of sp³-hybridized carbons (Fsp3) is 0.333. The average molecular weight is 232 g/mol. The number of pyridine rings is 1.